The molecule has 178 valence electrons. The lowest BCUT2D eigenvalue weighted by atomic mass is 10.0. The molecule has 3 heterocycles. The highest BCUT2D eigenvalue weighted by Gasteiger charge is 2.36. The molecule has 1 amide bonds. The number of hydrogen-bond donors (Lipinski definition) is 2. The second-order valence-corrected chi connectivity index (χ2v) is 9.12. The first kappa shape index (κ1) is 23.4. The maximum atomic E-state index is 11.5. The van der Waals surface area contributed by atoms with Crippen LogP contribution in [0.5, 0.6) is 0 Å². The highest BCUT2D eigenvalue weighted by molar-refractivity contribution is 5.69. The zero-order chi connectivity index (χ0) is 24.3. The summed E-state index contributed by atoms with van der Waals surface area (Å²) in [7, 11) is 1.37. The fourth-order valence-corrected chi connectivity index (χ4v) is 3.72. The molecule has 1 fully saturated rings. The zero-order valence-electron chi connectivity index (χ0n) is 19.8. The molecule has 9 nitrogen and oxygen atoms in total. The van der Waals surface area contributed by atoms with Crippen molar-refractivity contribution < 1.29 is 19.2 Å². The number of benzene rings is 1. The number of nitrogens with zero attached hydrogens (tertiary/aromatic N) is 4. The molecule has 0 saturated carbocycles. The highest BCUT2D eigenvalue weighted by Crippen LogP contribution is 2.28. The van der Waals surface area contributed by atoms with E-state index >= 15 is 0 Å². The Bertz CT molecular complexity index is 1170. The summed E-state index contributed by atoms with van der Waals surface area (Å²) >= 11 is 0. The number of methoxy groups -OCH3 is 1. The number of nitrogens with one attached hydrogen (secondary N) is 1. The lowest BCUT2D eigenvalue weighted by molar-refractivity contribution is 0.0800. The SMILES string of the molecule is COC(=O)N1CC(c2nc(-c3ccc(C)c(/C=C/Nc4ccc(CC(C)(C)O)cn4)c3)no2)C1. The fraction of sp³-hybridized carbons (Fsp3) is 0.360. The minimum absolute atomic E-state index is 0.0247. The molecule has 0 spiro atoms. The number of pyridine rings is 1. The molecule has 0 aliphatic carbocycles. The highest BCUT2D eigenvalue weighted by atomic mass is 16.5. The molecule has 34 heavy (non-hydrogen) atoms. The maximum Gasteiger partial charge on any atom is 0.409 e. The molecule has 3 aromatic rings. The van der Waals surface area contributed by atoms with E-state index in [9.17, 15) is 9.90 Å². The molecule has 4 rings (SSSR count). The van der Waals surface area contributed by atoms with Crippen molar-refractivity contribution in [2.24, 2.45) is 0 Å². The van der Waals surface area contributed by atoms with Crippen LogP contribution in [0, 0.1) is 6.92 Å². The first-order chi connectivity index (χ1) is 16.2. The van der Waals surface area contributed by atoms with Gasteiger partial charge in [0.2, 0.25) is 11.7 Å². The molecule has 1 aliphatic heterocycles. The van der Waals surface area contributed by atoms with Gasteiger partial charge in [0.15, 0.2) is 0 Å². The number of anilines is 1. The summed E-state index contributed by atoms with van der Waals surface area (Å²) in [4.78, 5) is 22.0. The topological polar surface area (TPSA) is 114 Å². The van der Waals surface area contributed by atoms with E-state index in [2.05, 4.69) is 20.4 Å². The van der Waals surface area contributed by atoms with Crippen LogP contribution in [0.3, 0.4) is 0 Å². The Morgan fingerprint density at radius 1 is 1.32 bits per heavy atom. The number of aryl methyl sites for hydroxylation is 1. The van der Waals surface area contributed by atoms with Gasteiger partial charge in [-0.15, -0.1) is 0 Å². The summed E-state index contributed by atoms with van der Waals surface area (Å²) in [6, 6.07) is 9.81. The average molecular weight is 464 g/mol. The lowest BCUT2D eigenvalue weighted by Crippen LogP contribution is -2.48. The van der Waals surface area contributed by atoms with E-state index in [0.29, 0.717) is 37.0 Å². The first-order valence-corrected chi connectivity index (χ1v) is 11.1. The van der Waals surface area contributed by atoms with Gasteiger partial charge in [-0.1, -0.05) is 23.4 Å². The van der Waals surface area contributed by atoms with Crippen LogP contribution in [-0.4, -0.2) is 57.0 Å². The molecule has 1 aliphatic rings. The van der Waals surface area contributed by atoms with Crippen LogP contribution in [0.1, 0.15) is 42.3 Å². The minimum Gasteiger partial charge on any atom is -0.453 e. The van der Waals surface area contributed by atoms with Gasteiger partial charge in [0.25, 0.3) is 0 Å². The van der Waals surface area contributed by atoms with Gasteiger partial charge in [-0.25, -0.2) is 9.78 Å². The van der Waals surface area contributed by atoms with Gasteiger partial charge in [-0.2, -0.15) is 4.98 Å². The molecule has 9 heteroatoms. The quantitative estimate of drug-likeness (QED) is 0.540. The van der Waals surface area contributed by atoms with Gasteiger partial charge < -0.3 is 24.6 Å². The molecular formula is C25H29N5O4. The monoisotopic (exact) mass is 463 g/mol. The molecule has 2 N–H and O–H groups in total. The molecule has 1 aromatic carbocycles. The van der Waals surface area contributed by atoms with Gasteiger partial charge in [-0.05, 0) is 55.7 Å². The Morgan fingerprint density at radius 2 is 2.12 bits per heavy atom. The van der Waals surface area contributed by atoms with E-state index in [1.807, 2.05) is 49.5 Å². The molecular weight excluding hydrogens is 434 g/mol. The number of rotatable bonds is 7. The largest absolute Gasteiger partial charge is 0.453 e. The number of aromatic nitrogens is 3. The molecule has 2 aromatic heterocycles. The van der Waals surface area contributed by atoms with Gasteiger partial charge >= 0.3 is 6.09 Å². The van der Waals surface area contributed by atoms with Gasteiger partial charge in [0.1, 0.15) is 5.82 Å². The fourth-order valence-electron chi connectivity index (χ4n) is 3.72. The summed E-state index contributed by atoms with van der Waals surface area (Å²) in [5.41, 5.74) is 3.17. The molecule has 0 bridgehead atoms. The Balaban J connectivity index is 1.39. The minimum atomic E-state index is -0.764. The van der Waals surface area contributed by atoms with E-state index in [1.165, 1.54) is 7.11 Å². The van der Waals surface area contributed by atoms with E-state index in [4.69, 9.17) is 9.26 Å². The van der Waals surface area contributed by atoms with Crippen LogP contribution in [-0.2, 0) is 11.2 Å². The van der Waals surface area contributed by atoms with Crippen LogP contribution in [0.4, 0.5) is 10.6 Å². The molecule has 0 atom stereocenters. The number of ether oxygens (including phenoxy) is 1. The molecule has 0 radical (unpaired) electrons. The van der Waals surface area contributed by atoms with E-state index in [1.54, 1.807) is 24.9 Å². The standard InChI is InChI=1S/C25H29N5O4/c1-16-5-7-19(22-28-23(34-29-22)20-14-30(15-20)24(31)33-4)11-18(16)9-10-26-21-8-6-17(13-27-21)12-25(2,3)32/h5-11,13,20,32H,12,14-15H2,1-4H3,(H,26,27)/b10-9+. The Morgan fingerprint density at radius 3 is 2.79 bits per heavy atom. The van der Waals surface area contributed by atoms with Gasteiger partial charge in [0, 0.05) is 37.5 Å². The third kappa shape index (κ3) is 5.60. The Labute approximate surface area is 198 Å². The summed E-state index contributed by atoms with van der Waals surface area (Å²) in [6.45, 7) is 6.60. The summed E-state index contributed by atoms with van der Waals surface area (Å²) in [5, 5.41) is 17.2. The summed E-state index contributed by atoms with van der Waals surface area (Å²) in [5.74, 6) is 1.78. The average Bonchev–Trinajstić information content (AvgIpc) is 3.23. The predicted molar refractivity (Wildman–Crippen MR) is 128 cm³/mol. The maximum absolute atomic E-state index is 11.5. The second kappa shape index (κ2) is 9.64. The zero-order valence-corrected chi connectivity index (χ0v) is 19.8. The van der Waals surface area contributed by atoms with E-state index < -0.39 is 5.60 Å². The van der Waals surface area contributed by atoms with Crippen molar-refractivity contribution in [2.75, 3.05) is 25.5 Å². The van der Waals surface area contributed by atoms with Crippen LogP contribution in [0.2, 0.25) is 0 Å². The van der Waals surface area contributed by atoms with Crippen molar-refractivity contribution in [1.82, 2.24) is 20.0 Å². The number of likely N-dealkylation sites (tertiary alicyclic amines) is 1. The van der Waals surface area contributed by atoms with E-state index in [0.717, 1.165) is 22.3 Å². The Hall–Kier alpha value is -3.72. The summed E-state index contributed by atoms with van der Waals surface area (Å²) < 4.78 is 10.2. The molecule has 1 saturated heterocycles. The van der Waals surface area contributed by atoms with Crippen molar-refractivity contribution in [3.63, 3.8) is 0 Å². The van der Waals surface area contributed by atoms with Crippen molar-refractivity contribution in [2.45, 2.75) is 38.7 Å². The number of amides is 1. The third-order valence-corrected chi connectivity index (χ3v) is 5.60. The number of hydrogen-bond acceptors (Lipinski definition) is 8. The van der Waals surface area contributed by atoms with Crippen LogP contribution in [0.25, 0.3) is 17.5 Å². The normalized spacial score (nSPS) is 14.3. The van der Waals surface area contributed by atoms with Gasteiger partial charge in [0.05, 0.1) is 18.6 Å². The van der Waals surface area contributed by atoms with Crippen molar-refractivity contribution in [1.29, 1.82) is 0 Å². The first-order valence-electron chi connectivity index (χ1n) is 11.1. The Kier molecular flexibility index (Phi) is 6.65. The van der Waals surface area contributed by atoms with E-state index in [-0.39, 0.29) is 12.0 Å². The van der Waals surface area contributed by atoms with Gasteiger partial charge in [-0.3, -0.25) is 0 Å². The third-order valence-electron chi connectivity index (χ3n) is 5.60. The van der Waals surface area contributed by atoms with Crippen molar-refractivity contribution >= 4 is 18.0 Å². The lowest BCUT2D eigenvalue weighted by Gasteiger charge is -2.35. The predicted octanol–water partition coefficient (Wildman–Crippen LogP) is 4.00. The van der Waals surface area contributed by atoms with Crippen LogP contribution < -0.4 is 5.32 Å². The molecule has 0 unspecified atom stereocenters. The number of aliphatic hydroxyl groups is 1. The number of carbonyl (C=O) groups excluding carboxylic acids is 1. The smallest absolute Gasteiger partial charge is 0.409 e. The summed E-state index contributed by atoms with van der Waals surface area (Å²) in [6.07, 6.45) is 5.76. The number of carbonyl (C=O) groups is 1. The second-order valence-electron chi connectivity index (χ2n) is 9.12. The van der Waals surface area contributed by atoms with Crippen LogP contribution in [0.15, 0.2) is 47.3 Å². The van der Waals surface area contributed by atoms with Crippen LogP contribution >= 0.6 is 0 Å². The van der Waals surface area contributed by atoms with Crippen molar-refractivity contribution in [3.05, 3.63) is 65.3 Å². The van der Waals surface area contributed by atoms with Crippen molar-refractivity contribution in [3.8, 4) is 11.4 Å².